The summed E-state index contributed by atoms with van der Waals surface area (Å²) >= 11 is 3.11. The number of aryl methyl sites for hydroxylation is 2. The lowest BCUT2D eigenvalue weighted by Crippen LogP contribution is -2.14. The molecule has 1 aromatic carbocycles. The molecule has 8 nitrogen and oxygen atoms in total. The van der Waals surface area contributed by atoms with Crippen LogP contribution in [0, 0.1) is 25.5 Å². The van der Waals surface area contributed by atoms with Crippen molar-refractivity contribution < 1.29 is 26.2 Å². The standard InChI is InChI=1S/C10H8BrFN2O3S.C4H5FN2O/c1-6-9(12)10(13-17-6)14-18(15,16)8-5-3-2-4-7(8)11;1-2-3(5)4(6)7-8-2/h2-5H,1H3,(H,13,14);1H3,(H2,6,7). The summed E-state index contributed by atoms with van der Waals surface area (Å²) in [6, 6.07) is 6.18. The summed E-state index contributed by atoms with van der Waals surface area (Å²) < 4.78 is 60.9. The number of sulfonamides is 1. The van der Waals surface area contributed by atoms with E-state index in [4.69, 9.17) is 5.73 Å². The molecular formula is C14H13BrF2N4O4S. The minimum Gasteiger partial charge on any atom is -0.378 e. The second-order valence-corrected chi connectivity index (χ2v) is 7.38. The van der Waals surface area contributed by atoms with Gasteiger partial charge in [0, 0.05) is 4.47 Å². The van der Waals surface area contributed by atoms with Gasteiger partial charge in [0.2, 0.25) is 23.3 Å². The van der Waals surface area contributed by atoms with Crippen LogP contribution >= 0.6 is 15.9 Å². The van der Waals surface area contributed by atoms with Crippen molar-refractivity contribution in [2.24, 2.45) is 0 Å². The molecule has 140 valence electrons. The number of nitrogens with one attached hydrogen (secondary N) is 1. The van der Waals surface area contributed by atoms with E-state index in [2.05, 4.69) is 35.3 Å². The fourth-order valence-electron chi connectivity index (χ4n) is 1.65. The fourth-order valence-corrected chi connectivity index (χ4v) is 3.65. The lowest BCUT2D eigenvalue weighted by molar-refractivity contribution is 0.390. The predicted octanol–water partition coefficient (Wildman–Crippen LogP) is 3.39. The molecule has 0 radical (unpaired) electrons. The molecule has 0 aliphatic heterocycles. The highest BCUT2D eigenvalue weighted by Gasteiger charge is 2.22. The van der Waals surface area contributed by atoms with Crippen molar-refractivity contribution in [1.82, 2.24) is 10.3 Å². The normalized spacial score (nSPS) is 11.0. The molecule has 0 bridgehead atoms. The first kappa shape index (κ1) is 19.8. The van der Waals surface area contributed by atoms with Gasteiger partial charge in [0.15, 0.2) is 11.5 Å². The highest BCUT2D eigenvalue weighted by atomic mass is 79.9. The van der Waals surface area contributed by atoms with Gasteiger partial charge < -0.3 is 14.8 Å². The summed E-state index contributed by atoms with van der Waals surface area (Å²) in [6.45, 7) is 2.80. The van der Waals surface area contributed by atoms with E-state index < -0.39 is 27.5 Å². The zero-order valence-corrected chi connectivity index (χ0v) is 15.9. The Hall–Kier alpha value is -2.47. The molecule has 2 aromatic heterocycles. The Labute approximate surface area is 155 Å². The van der Waals surface area contributed by atoms with Crippen molar-refractivity contribution in [3.8, 4) is 0 Å². The van der Waals surface area contributed by atoms with Crippen molar-refractivity contribution in [2.75, 3.05) is 10.5 Å². The summed E-state index contributed by atoms with van der Waals surface area (Å²) in [5.74, 6) is -1.98. The van der Waals surface area contributed by atoms with E-state index >= 15 is 0 Å². The summed E-state index contributed by atoms with van der Waals surface area (Å²) in [7, 11) is -3.91. The van der Waals surface area contributed by atoms with Gasteiger partial charge in [0.05, 0.1) is 0 Å². The maximum atomic E-state index is 13.4. The molecule has 26 heavy (non-hydrogen) atoms. The predicted molar refractivity (Wildman–Crippen MR) is 91.8 cm³/mol. The van der Waals surface area contributed by atoms with Crippen LogP contribution in [0.1, 0.15) is 11.5 Å². The zero-order chi connectivity index (χ0) is 19.5. The number of halogens is 3. The molecule has 2 heterocycles. The third-order valence-corrected chi connectivity index (χ3v) is 5.31. The molecule has 0 saturated carbocycles. The Morgan fingerprint density at radius 1 is 1.08 bits per heavy atom. The molecule has 0 atom stereocenters. The fraction of sp³-hybridized carbons (Fsp3) is 0.143. The SMILES string of the molecule is Cc1onc(N)c1F.Cc1onc(NS(=O)(=O)c2ccccc2Br)c1F. The maximum absolute atomic E-state index is 13.4. The van der Waals surface area contributed by atoms with Gasteiger partial charge in [-0.3, -0.25) is 4.72 Å². The van der Waals surface area contributed by atoms with Gasteiger partial charge >= 0.3 is 0 Å². The van der Waals surface area contributed by atoms with Gasteiger partial charge in [-0.2, -0.15) is 8.78 Å². The second kappa shape index (κ2) is 7.83. The first-order chi connectivity index (χ1) is 12.1. The van der Waals surface area contributed by atoms with Crippen molar-refractivity contribution in [1.29, 1.82) is 0 Å². The van der Waals surface area contributed by atoms with Gasteiger partial charge in [0.1, 0.15) is 4.90 Å². The highest BCUT2D eigenvalue weighted by molar-refractivity contribution is 9.10. The van der Waals surface area contributed by atoms with Crippen LogP contribution in [-0.4, -0.2) is 18.7 Å². The van der Waals surface area contributed by atoms with Crippen LogP contribution in [0.3, 0.4) is 0 Å². The first-order valence-corrected chi connectivity index (χ1v) is 9.17. The number of aromatic nitrogens is 2. The van der Waals surface area contributed by atoms with Crippen molar-refractivity contribution >= 4 is 37.6 Å². The average molecular weight is 451 g/mol. The lowest BCUT2D eigenvalue weighted by atomic mass is 10.4. The van der Waals surface area contributed by atoms with Crippen molar-refractivity contribution in [3.63, 3.8) is 0 Å². The van der Waals surface area contributed by atoms with Gasteiger partial charge in [0.25, 0.3) is 10.0 Å². The van der Waals surface area contributed by atoms with Crippen LogP contribution in [0.25, 0.3) is 0 Å². The Kier molecular flexibility index (Phi) is 5.97. The Morgan fingerprint density at radius 2 is 1.65 bits per heavy atom. The van der Waals surface area contributed by atoms with E-state index in [0.717, 1.165) is 0 Å². The molecule has 0 saturated heterocycles. The number of rotatable bonds is 3. The van der Waals surface area contributed by atoms with Gasteiger partial charge in [-0.05, 0) is 41.9 Å². The van der Waals surface area contributed by atoms with E-state index in [9.17, 15) is 17.2 Å². The number of nitrogens with two attached hydrogens (primary N) is 1. The van der Waals surface area contributed by atoms with Crippen LogP contribution in [-0.2, 0) is 10.0 Å². The molecule has 0 spiro atoms. The Bertz CT molecular complexity index is 1000. The number of hydrogen-bond donors (Lipinski definition) is 2. The summed E-state index contributed by atoms with van der Waals surface area (Å²) in [6.07, 6.45) is 0. The molecule has 0 fully saturated rings. The minimum atomic E-state index is -3.91. The number of nitrogen functional groups attached to an aromatic ring is 1. The van der Waals surface area contributed by atoms with E-state index in [0.29, 0.717) is 4.47 Å². The molecular weight excluding hydrogens is 438 g/mol. The average Bonchev–Trinajstić information content (AvgIpc) is 3.05. The van der Waals surface area contributed by atoms with Crippen LogP contribution in [0.4, 0.5) is 20.4 Å². The minimum absolute atomic E-state index is 0.00921. The Morgan fingerprint density at radius 3 is 2.08 bits per heavy atom. The Balaban J connectivity index is 0.000000254. The monoisotopic (exact) mass is 450 g/mol. The molecule has 3 N–H and O–H groups in total. The molecule has 3 rings (SSSR count). The quantitative estimate of drug-likeness (QED) is 0.626. The molecule has 3 aromatic rings. The molecule has 0 amide bonds. The summed E-state index contributed by atoms with van der Waals surface area (Å²) in [4.78, 5) is -0.00921. The van der Waals surface area contributed by atoms with Crippen LogP contribution < -0.4 is 10.5 Å². The summed E-state index contributed by atoms with van der Waals surface area (Å²) in [5, 5.41) is 6.44. The van der Waals surface area contributed by atoms with E-state index in [-0.39, 0.29) is 22.2 Å². The topological polar surface area (TPSA) is 124 Å². The number of benzene rings is 1. The van der Waals surface area contributed by atoms with Crippen LogP contribution in [0.5, 0.6) is 0 Å². The van der Waals surface area contributed by atoms with Gasteiger partial charge in [-0.25, -0.2) is 8.42 Å². The number of hydrogen-bond acceptors (Lipinski definition) is 7. The van der Waals surface area contributed by atoms with Gasteiger partial charge in [-0.15, -0.1) is 0 Å². The molecule has 0 aliphatic carbocycles. The largest absolute Gasteiger partial charge is 0.378 e. The van der Waals surface area contributed by atoms with Gasteiger partial charge in [-0.1, -0.05) is 22.4 Å². The highest BCUT2D eigenvalue weighted by Crippen LogP contribution is 2.25. The number of nitrogens with zero attached hydrogens (tertiary/aromatic N) is 2. The lowest BCUT2D eigenvalue weighted by Gasteiger charge is -2.06. The third kappa shape index (κ3) is 4.38. The van der Waals surface area contributed by atoms with Crippen molar-refractivity contribution in [3.05, 3.63) is 51.9 Å². The second-order valence-electron chi connectivity index (χ2n) is 4.88. The van der Waals surface area contributed by atoms with Crippen molar-refractivity contribution in [2.45, 2.75) is 18.7 Å². The van der Waals surface area contributed by atoms with E-state index in [1.54, 1.807) is 18.2 Å². The first-order valence-electron chi connectivity index (χ1n) is 6.90. The van der Waals surface area contributed by atoms with Crippen LogP contribution in [0.2, 0.25) is 0 Å². The third-order valence-electron chi connectivity index (χ3n) is 2.96. The van der Waals surface area contributed by atoms with E-state index in [1.165, 1.54) is 19.9 Å². The molecule has 0 aliphatic rings. The maximum Gasteiger partial charge on any atom is 0.264 e. The number of anilines is 2. The van der Waals surface area contributed by atoms with Crippen LogP contribution in [0.15, 0.2) is 42.7 Å². The van der Waals surface area contributed by atoms with E-state index in [1.807, 2.05) is 4.72 Å². The molecule has 0 unspecified atom stereocenters. The molecule has 12 heteroatoms. The smallest absolute Gasteiger partial charge is 0.264 e. The zero-order valence-electron chi connectivity index (χ0n) is 13.5. The summed E-state index contributed by atoms with van der Waals surface area (Å²) in [5.41, 5.74) is 4.96.